The highest BCUT2D eigenvalue weighted by atomic mass is 32.2. The van der Waals surface area contributed by atoms with Crippen LogP contribution in [0.2, 0.25) is 0 Å². The first-order valence-corrected chi connectivity index (χ1v) is 18.2. The summed E-state index contributed by atoms with van der Waals surface area (Å²) < 4.78 is 10.3. The number of benzene rings is 2. The molecule has 12 nitrogen and oxygen atoms in total. The summed E-state index contributed by atoms with van der Waals surface area (Å²) in [6.07, 6.45) is 6.13. The van der Waals surface area contributed by atoms with Crippen LogP contribution >= 0.6 is 35.1 Å². The van der Waals surface area contributed by atoms with Crippen LogP contribution in [-0.2, 0) is 24.0 Å². The van der Waals surface area contributed by atoms with Gasteiger partial charge in [-0.3, -0.25) is 19.5 Å². The first-order valence-electron chi connectivity index (χ1n) is 15.3. The molecule has 0 aliphatic carbocycles. The summed E-state index contributed by atoms with van der Waals surface area (Å²) in [5.41, 5.74) is 8.90. The van der Waals surface area contributed by atoms with Gasteiger partial charge in [0.1, 0.15) is 23.7 Å². The Bertz CT molecular complexity index is 1900. The van der Waals surface area contributed by atoms with Crippen molar-refractivity contribution in [2.75, 3.05) is 23.8 Å². The number of oxime groups is 1. The number of aromatic nitrogens is 3. The highest BCUT2D eigenvalue weighted by molar-refractivity contribution is 8.02. The minimum Gasteiger partial charge on any atom is -0.448 e. The minimum absolute atomic E-state index is 0.0342. The number of pyridine rings is 1. The van der Waals surface area contributed by atoms with Crippen molar-refractivity contribution < 1.29 is 24.0 Å². The molecule has 1 saturated heterocycles. The van der Waals surface area contributed by atoms with Gasteiger partial charge in [-0.15, -0.1) is 23.5 Å². The zero-order chi connectivity index (χ0) is 34.9. The van der Waals surface area contributed by atoms with Crippen molar-refractivity contribution in [3.8, 4) is 0 Å². The van der Waals surface area contributed by atoms with E-state index >= 15 is 0 Å². The summed E-state index contributed by atoms with van der Waals surface area (Å²) in [7, 11) is 0. The summed E-state index contributed by atoms with van der Waals surface area (Å²) in [4.78, 5) is 56.3. The molecule has 2 atom stereocenters. The van der Waals surface area contributed by atoms with Crippen LogP contribution in [0, 0.1) is 0 Å². The molecule has 1 fully saturated rings. The molecule has 2 aliphatic heterocycles. The Kier molecular flexibility index (Phi) is 11.4. The average Bonchev–Trinajstić information content (AvgIpc) is 3.59. The molecule has 4 aromatic rings. The first kappa shape index (κ1) is 34.6. The quantitative estimate of drug-likeness (QED) is 0.0458. The van der Waals surface area contributed by atoms with Gasteiger partial charge in [0.15, 0.2) is 11.2 Å². The number of nitrogens with one attached hydrogen (secondary N) is 1. The van der Waals surface area contributed by atoms with Crippen LogP contribution in [0.15, 0.2) is 120 Å². The minimum atomic E-state index is -0.963. The molecule has 254 valence electrons. The number of amides is 2. The van der Waals surface area contributed by atoms with E-state index in [1.807, 2.05) is 84.3 Å². The number of hydrogen-bond acceptors (Lipinski definition) is 13. The number of nitrogens with zero attached hydrogens (tertiary/aromatic N) is 5. The number of hydrogen-bond donors (Lipinski definition) is 2. The third-order valence-corrected chi connectivity index (χ3v) is 10.2. The molecule has 2 aromatic heterocycles. The number of nitrogen functional groups attached to an aromatic ring is 1. The molecule has 0 saturated carbocycles. The maximum atomic E-state index is 14.2. The number of carbonyl (C=O) groups excluding carboxylic acids is 3. The summed E-state index contributed by atoms with van der Waals surface area (Å²) in [6.45, 7) is 3.61. The molecule has 0 spiro atoms. The molecule has 2 amide bonds. The zero-order valence-corrected chi connectivity index (χ0v) is 28.9. The molecular weight excluding hydrogens is 695 g/mol. The molecule has 2 aliphatic rings. The number of β-lactam (4-membered cyclic amide) rings is 1. The van der Waals surface area contributed by atoms with Gasteiger partial charge in [0.2, 0.25) is 11.5 Å². The van der Waals surface area contributed by atoms with E-state index in [-0.39, 0.29) is 29.0 Å². The maximum absolute atomic E-state index is 14.2. The topological polar surface area (TPSA) is 162 Å². The summed E-state index contributed by atoms with van der Waals surface area (Å²) in [5, 5.41) is 8.10. The van der Waals surface area contributed by atoms with E-state index in [0.29, 0.717) is 11.5 Å². The van der Waals surface area contributed by atoms with Crippen molar-refractivity contribution >= 4 is 69.8 Å². The molecule has 2 aromatic carbocycles. The zero-order valence-electron chi connectivity index (χ0n) is 26.5. The molecule has 6 rings (SSSR count). The lowest BCUT2D eigenvalue weighted by molar-refractivity contribution is -0.154. The monoisotopic (exact) mass is 725 g/mol. The Balaban J connectivity index is 1.26. The highest BCUT2D eigenvalue weighted by Crippen LogP contribution is 2.42. The molecular formula is C35H31N7O5S3. The lowest BCUT2D eigenvalue weighted by Gasteiger charge is -2.49. The van der Waals surface area contributed by atoms with E-state index in [1.54, 1.807) is 12.4 Å². The van der Waals surface area contributed by atoms with Gasteiger partial charge in [0.05, 0.1) is 0 Å². The normalized spacial score (nSPS) is 17.3. The van der Waals surface area contributed by atoms with Gasteiger partial charge in [-0.1, -0.05) is 84.5 Å². The molecule has 1 unspecified atom stereocenters. The SMILES string of the molecule is C=CCON=C(C(=O)NC1C(=O)N2C(C(=O)OC(c3ccccc3)c3ccccc3)=C(CS/C=C\c3cccnc3)CS[C@H]12)c1nsc(N)n1. The molecule has 15 heteroatoms. The van der Waals surface area contributed by atoms with Gasteiger partial charge in [-0.05, 0) is 39.8 Å². The van der Waals surface area contributed by atoms with Gasteiger partial charge in [-0.2, -0.15) is 9.36 Å². The number of nitrogens with two attached hydrogens (primary N) is 1. The van der Waals surface area contributed by atoms with Crippen molar-refractivity contribution in [1.29, 1.82) is 0 Å². The average molecular weight is 726 g/mol. The summed E-state index contributed by atoms with van der Waals surface area (Å²) in [5.74, 6) is -1.02. The van der Waals surface area contributed by atoms with Crippen molar-refractivity contribution in [2.45, 2.75) is 17.5 Å². The lowest BCUT2D eigenvalue weighted by Crippen LogP contribution is -2.71. The number of thioether (sulfide) groups is 2. The van der Waals surface area contributed by atoms with E-state index in [2.05, 4.69) is 31.4 Å². The van der Waals surface area contributed by atoms with Crippen molar-refractivity contribution in [3.63, 3.8) is 0 Å². The second kappa shape index (κ2) is 16.4. The summed E-state index contributed by atoms with van der Waals surface area (Å²) in [6, 6.07) is 21.7. The predicted molar refractivity (Wildman–Crippen MR) is 196 cm³/mol. The fourth-order valence-electron chi connectivity index (χ4n) is 5.16. The third-order valence-electron chi connectivity index (χ3n) is 7.47. The van der Waals surface area contributed by atoms with Gasteiger partial charge < -0.3 is 20.6 Å². The van der Waals surface area contributed by atoms with Gasteiger partial charge in [-0.25, -0.2) is 4.79 Å². The van der Waals surface area contributed by atoms with Gasteiger partial charge >= 0.3 is 5.97 Å². The Labute approximate surface area is 300 Å². The number of carbonyl (C=O) groups is 3. The number of esters is 1. The number of ether oxygens (including phenoxy) is 1. The Morgan fingerprint density at radius 1 is 1.12 bits per heavy atom. The fraction of sp³-hybridized carbons (Fsp3) is 0.171. The summed E-state index contributed by atoms with van der Waals surface area (Å²) >= 11 is 3.82. The van der Waals surface area contributed by atoms with E-state index < -0.39 is 35.3 Å². The second-order valence-corrected chi connectivity index (χ2v) is 13.6. The largest absolute Gasteiger partial charge is 0.448 e. The third kappa shape index (κ3) is 7.96. The Morgan fingerprint density at radius 2 is 1.86 bits per heavy atom. The number of fused-ring (bicyclic) bond motifs is 1. The number of anilines is 1. The van der Waals surface area contributed by atoms with Crippen LogP contribution in [0.5, 0.6) is 0 Å². The van der Waals surface area contributed by atoms with Crippen molar-refractivity contribution in [2.24, 2.45) is 5.16 Å². The highest BCUT2D eigenvalue weighted by Gasteiger charge is 2.55. The first-order chi connectivity index (χ1) is 24.4. The number of rotatable bonds is 14. The molecule has 3 N–H and O–H groups in total. The van der Waals surface area contributed by atoms with E-state index in [0.717, 1.165) is 33.8 Å². The molecule has 50 heavy (non-hydrogen) atoms. The van der Waals surface area contributed by atoms with E-state index in [9.17, 15) is 14.4 Å². The molecule has 0 bridgehead atoms. The second-order valence-electron chi connectivity index (χ2n) is 10.8. The van der Waals surface area contributed by atoms with Crippen LogP contribution in [-0.4, -0.2) is 72.3 Å². The van der Waals surface area contributed by atoms with Crippen LogP contribution < -0.4 is 11.1 Å². The van der Waals surface area contributed by atoms with Crippen LogP contribution in [0.4, 0.5) is 5.13 Å². The van der Waals surface area contributed by atoms with Crippen LogP contribution in [0.1, 0.15) is 28.6 Å². The van der Waals surface area contributed by atoms with Crippen molar-refractivity contribution in [1.82, 2.24) is 24.6 Å². The smallest absolute Gasteiger partial charge is 0.356 e. The van der Waals surface area contributed by atoms with Gasteiger partial charge in [0.25, 0.3) is 11.8 Å². The van der Waals surface area contributed by atoms with Crippen LogP contribution in [0.25, 0.3) is 6.08 Å². The van der Waals surface area contributed by atoms with E-state index in [1.165, 1.54) is 34.5 Å². The van der Waals surface area contributed by atoms with Gasteiger partial charge in [0, 0.05) is 35.4 Å². The molecule has 0 radical (unpaired) electrons. The van der Waals surface area contributed by atoms with E-state index in [4.69, 9.17) is 15.3 Å². The Hall–Kier alpha value is -5.25. The van der Waals surface area contributed by atoms with Crippen molar-refractivity contribution in [3.05, 3.63) is 137 Å². The lowest BCUT2D eigenvalue weighted by atomic mass is 10.0. The maximum Gasteiger partial charge on any atom is 0.356 e. The Morgan fingerprint density at radius 3 is 2.50 bits per heavy atom. The fourth-order valence-corrected chi connectivity index (χ4v) is 7.86. The van der Waals surface area contributed by atoms with Crippen LogP contribution in [0.3, 0.4) is 0 Å². The standard InChI is InChI=1S/C35H31N7O5S3/c1-2-17-46-40-26(30-39-35(36)50-41-30)31(43)38-27-32(44)42-28(25(21-49-33(27)42)20-48-18-15-22-10-9-16-37-19-22)34(45)47-29(23-11-5-3-6-12-23)24-13-7-4-8-14-24/h2-16,18-19,27,29,33H,1,17,20-21H2,(H,38,43)(H2,36,39,41)/b18-15-,40-26?/t27?,33-/m1/s1. The predicted octanol–water partition coefficient (Wildman–Crippen LogP) is 4.81. The molecule has 4 heterocycles.